The minimum Gasteiger partial charge on any atom is -0.340 e. The maximum atomic E-state index is 12.4. The van der Waals surface area contributed by atoms with Gasteiger partial charge >= 0.3 is 0 Å². The molecule has 2 N–H and O–H groups in total. The monoisotopic (exact) mass is 370 g/mol. The number of likely N-dealkylation sites (tertiary alicyclic amines) is 1. The minimum atomic E-state index is 0. The number of rotatable bonds is 4. The quantitative estimate of drug-likeness (QED) is 0.898. The van der Waals surface area contributed by atoms with Crippen molar-refractivity contribution in [2.24, 2.45) is 5.73 Å². The van der Waals surface area contributed by atoms with Gasteiger partial charge in [-0.05, 0) is 18.1 Å². The summed E-state index contributed by atoms with van der Waals surface area (Å²) in [6.07, 6.45) is 4.23. The van der Waals surface area contributed by atoms with Crippen LogP contribution < -0.4 is 5.73 Å². The SMILES string of the molecule is Cc1cnn(CCC(=O)N2C[C@@H](N)[C@H](c3ccccc3)C2)c1.Cl.Cl. The van der Waals surface area contributed by atoms with Crippen LogP contribution in [-0.2, 0) is 11.3 Å². The molecule has 1 amide bonds. The van der Waals surface area contributed by atoms with Gasteiger partial charge in [0.05, 0.1) is 6.20 Å². The highest BCUT2D eigenvalue weighted by molar-refractivity contribution is 5.85. The zero-order valence-electron chi connectivity index (χ0n) is 13.7. The first-order chi connectivity index (χ1) is 10.6. The number of nitrogens with two attached hydrogens (primary N) is 1. The third-order valence-electron chi connectivity index (χ3n) is 4.26. The number of aromatic nitrogens is 2. The van der Waals surface area contributed by atoms with Crippen LogP contribution in [0.5, 0.6) is 0 Å². The summed E-state index contributed by atoms with van der Waals surface area (Å²) in [7, 11) is 0. The van der Waals surface area contributed by atoms with E-state index in [1.165, 1.54) is 5.56 Å². The van der Waals surface area contributed by atoms with Gasteiger partial charge in [-0.2, -0.15) is 5.10 Å². The Labute approximate surface area is 155 Å². The first kappa shape index (κ1) is 20.5. The second-order valence-corrected chi connectivity index (χ2v) is 6.01. The lowest BCUT2D eigenvalue weighted by molar-refractivity contribution is -0.130. The maximum absolute atomic E-state index is 12.4. The fraction of sp³-hybridized carbons (Fsp3) is 0.412. The van der Waals surface area contributed by atoms with Gasteiger partial charge in [0.25, 0.3) is 0 Å². The van der Waals surface area contributed by atoms with E-state index in [1.807, 2.05) is 47.1 Å². The highest BCUT2D eigenvalue weighted by Crippen LogP contribution is 2.26. The molecular weight excluding hydrogens is 347 g/mol. The Morgan fingerprint density at radius 3 is 2.58 bits per heavy atom. The number of aryl methyl sites for hydroxylation is 2. The molecule has 2 atom stereocenters. The Kier molecular flexibility index (Phi) is 7.73. The van der Waals surface area contributed by atoms with Crippen LogP contribution in [0.4, 0.5) is 0 Å². The predicted octanol–water partition coefficient (Wildman–Crippen LogP) is 2.38. The summed E-state index contributed by atoms with van der Waals surface area (Å²) in [5.74, 6) is 0.388. The summed E-state index contributed by atoms with van der Waals surface area (Å²) in [4.78, 5) is 14.3. The van der Waals surface area contributed by atoms with Crippen molar-refractivity contribution in [3.8, 4) is 0 Å². The van der Waals surface area contributed by atoms with Crippen molar-refractivity contribution in [1.82, 2.24) is 14.7 Å². The standard InChI is InChI=1S/C17H22N4O.2ClH/c1-13-9-19-21(10-13)8-7-17(22)20-11-15(16(18)12-20)14-5-3-2-4-6-14;;/h2-6,9-10,15-16H,7-8,11-12,18H2,1H3;2*1H/t15-,16+;;/m0../s1. The van der Waals surface area contributed by atoms with Crippen molar-refractivity contribution in [1.29, 1.82) is 0 Å². The molecule has 1 aliphatic heterocycles. The molecule has 1 aromatic carbocycles. The molecule has 1 saturated heterocycles. The molecule has 132 valence electrons. The number of halogens is 2. The second kappa shape index (κ2) is 9.06. The fourth-order valence-electron chi connectivity index (χ4n) is 3.04. The molecule has 1 fully saturated rings. The van der Waals surface area contributed by atoms with Gasteiger partial charge in [0.2, 0.25) is 5.91 Å². The third kappa shape index (κ3) is 4.72. The Hall–Kier alpha value is -1.56. The molecule has 2 heterocycles. The van der Waals surface area contributed by atoms with Crippen molar-refractivity contribution in [3.63, 3.8) is 0 Å². The molecule has 2 aromatic rings. The molecular formula is C17H24Cl2N4O. The number of amides is 1. The predicted molar refractivity (Wildman–Crippen MR) is 99.8 cm³/mol. The molecule has 0 unspecified atom stereocenters. The topological polar surface area (TPSA) is 64.2 Å². The Balaban J connectivity index is 0.00000144. The zero-order valence-corrected chi connectivity index (χ0v) is 15.3. The van der Waals surface area contributed by atoms with Crippen LogP contribution in [0.1, 0.15) is 23.5 Å². The minimum absolute atomic E-state index is 0. The van der Waals surface area contributed by atoms with Gasteiger partial charge in [0.1, 0.15) is 0 Å². The van der Waals surface area contributed by atoms with Crippen molar-refractivity contribution in [3.05, 3.63) is 53.9 Å². The van der Waals surface area contributed by atoms with Crippen LogP contribution in [0.3, 0.4) is 0 Å². The molecule has 1 aliphatic rings. The molecule has 0 aliphatic carbocycles. The largest absolute Gasteiger partial charge is 0.340 e. The Bertz CT molecular complexity index is 647. The maximum Gasteiger partial charge on any atom is 0.224 e. The van der Waals surface area contributed by atoms with Crippen LogP contribution in [-0.4, -0.2) is 39.7 Å². The Morgan fingerprint density at radius 1 is 1.25 bits per heavy atom. The van der Waals surface area contributed by atoms with E-state index >= 15 is 0 Å². The van der Waals surface area contributed by atoms with Crippen LogP contribution >= 0.6 is 24.8 Å². The molecule has 1 aromatic heterocycles. The number of nitrogens with zero attached hydrogens (tertiary/aromatic N) is 3. The average molecular weight is 371 g/mol. The van der Waals surface area contributed by atoms with Gasteiger partial charge in [-0.15, -0.1) is 24.8 Å². The van der Waals surface area contributed by atoms with Gasteiger partial charge in [0, 0.05) is 44.2 Å². The Morgan fingerprint density at radius 2 is 1.96 bits per heavy atom. The lowest BCUT2D eigenvalue weighted by Crippen LogP contribution is -2.32. The number of carbonyl (C=O) groups is 1. The molecule has 24 heavy (non-hydrogen) atoms. The number of hydrogen-bond acceptors (Lipinski definition) is 3. The molecule has 5 nitrogen and oxygen atoms in total. The van der Waals surface area contributed by atoms with Crippen molar-refractivity contribution >= 4 is 30.7 Å². The molecule has 7 heteroatoms. The van der Waals surface area contributed by atoms with Gasteiger partial charge in [-0.1, -0.05) is 30.3 Å². The number of benzene rings is 1. The summed E-state index contributed by atoms with van der Waals surface area (Å²) in [6, 6.07) is 10.2. The van der Waals surface area contributed by atoms with Gasteiger partial charge in [-0.3, -0.25) is 9.48 Å². The molecule has 0 radical (unpaired) electrons. The normalized spacial score (nSPS) is 19.5. The number of hydrogen-bond donors (Lipinski definition) is 1. The zero-order chi connectivity index (χ0) is 15.5. The van der Waals surface area contributed by atoms with E-state index in [1.54, 1.807) is 0 Å². The van der Waals surface area contributed by atoms with Crippen LogP contribution in [0.25, 0.3) is 0 Å². The van der Waals surface area contributed by atoms with Crippen molar-refractivity contribution in [2.75, 3.05) is 13.1 Å². The third-order valence-corrected chi connectivity index (χ3v) is 4.26. The van der Waals surface area contributed by atoms with E-state index in [4.69, 9.17) is 5.73 Å². The van der Waals surface area contributed by atoms with Crippen molar-refractivity contribution < 1.29 is 4.79 Å². The first-order valence-corrected chi connectivity index (χ1v) is 7.71. The van der Waals surface area contributed by atoms with E-state index in [0.29, 0.717) is 26.1 Å². The summed E-state index contributed by atoms with van der Waals surface area (Å²) >= 11 is 0. The highest BCUT2D eigenvalue weighted by Gasteiger charge is 2.33. The summed E-state index contributed by atoms with van der Waals surface area (Å²) in [6.45, 7) is 3.96. The van der Waals surface area contributed by atoms with Crippen molar-refractivity contribution in [2.45, 2.75) is 31.8 Å². The van der Waals surface area contributed by atoms with Crippen LogP contribution in [0.2, 0.25) is 0 Å². The molecule has 0 bridgehead atoms. The number of carbonyl (C=O) groups excluding carboxylic acids is 1. The van der Waals surface area contributed by atoms with E-state index in [-0.39, 0.29) is 42.7 Å². The van der Waals surface area contributed by atoms with Gasteiger partial charge in [0.15, 0.2) is 0 Å². The van der Waals surface area contributed by atoms with E-state index in [2.05, 4.69) is 17.2 Å². The van der Waals surface area contributed by atoms with E-state index < -0.39 is 0 Å². The van der Waals surface area contributed by atoms with Crippen LogP contribution in [0.15, 0.2) is 42.7 Å². The van der Waals surface area contributed by atoms with E-state index in [9.17, 15) is 4.79 Å². The fourth-order valence-corrected chi connectivity index (χ4v) is 3.04. The highest BCUT2D eigenvalue weighted by atomic mass is 35.5. The summed E-state index contributed by atoms with van der Waals surface area (Å²) < 4.78 is 1.82. The molecule has 0 spiro atoms. The molecule has 3 rings (SSSR count). The lowest BCUT2D eigenvalue weighted by Gasteiger charge is -2.16. The summed E-state index contributed by atoms with van der Waals surface area (Å²) in [5, 5.41) is 4.21. The van der Waals surface area contributed by atoms with Crippen LogP contribution in [0, 0.1) is 6.92 Å². The first-order valence-electron chi connectivity index (χ1n) is 7.71. The van der Waals surface area contributed by atoms with Gasteiger partial charge in [-0.25, -0.2) is 0 Å². The average Bonchev–Trinajstić information content (AvgIpc) is 3.12. The summed E-state index contributed by atoms with van der Waals surface area (Å²) in [5.41, 5.74) is 8.57. The smallest absolute Gasteiger partial charge is 0.224 e. The molecule has 0 saturated carbocycles. The van der Waals surface area contributed by atoms with E-state index in [0.717, 1.165) is 5.56 Å². The van der Waals surface area contributed by atoms with Gasteiger partial charge < -0.3 is 10.6 Å². The second-order valence-electron chi connectivity index (χ2n) is 6.01. The lowest BCUT2D eigenvalue weighted by atomic mass is 9.95.